The largest absolute Gasteiger partial charge is 0.311 e. The summed E-state index contributed by atoms with van der Waals surface area (Å²) in [4.78, 5) is 0. The first-order valence-corrected chi connectivity index (χ1v) is 5.88. The van der Waals surface area contributed by atoms with Crippen LogP contribution in [-0.4, -0.2) is 14.7 Å². The van der Waals surface area contributed by atoms with E-state index in [1.54, 1.807) is 12.1 Å². The average Bonchev–Trinajstić information content (AvgIpc) is 2.03. The van der Waals surface area contributed by atoms with Crippen LogP contribution in [0.15, 0.2) is 24.3 Å². The van der Waals surface area contributed by atoms with Gasteiger partial charge in [0.05, 0.1) is 0 Å². The van der Waals surface area contributed by atoms with Crippen LogP contribution in [0, 0.1) is 6.92 Å². The lowest BCUT2D eigenvalue weighted by molar-refractivity contribution is 0.590. The minimum absolute atomic E-state index is 0.633. The highest BCUT2D eigenvalue weighted by molar-refractivity contribution is 7.90. The molecule has 0 aliphatic carbocycles. The SMILES string of the molecule is Cc1ccc(C(N)S(C)(=O)=O)cc1. The highest BCUT2D eigenvalue weighted by atomic mass is 32.2. The molecular formula is C9H13NO2S. The Morgan fingerprint density at radius 1 is 1.23 bits per heavy atom. The van der Waals surface area contributed by atoms with Crippen LogP contribution in [0.5, 0.6) is 0 Å². The molecule has 1 atom stereocenters. The molecule has 0 bridgehead atoms. The van der Waals surface area contributed by atoms with Crippen molar-refractivity contribution in [2.75, 3.05) is 6.26 Å². The monoisotopic (exact) mass is 199 g/mol. The number of hydrogen-bond acceptors (Lipinski definition) is 3. The fourth-order valence-electron chi connectivity index (χ4n) is 1.00. The third-order valence-corrected chi connectivity index (χ3v) is 3.06. The summed E-state index contributed by atoms with van der Waals surface area (Å²) in [5.74, 6) is 0. The van der Waals surface area contributed by atoms with Gasteiger partial charge in [-0.05, 0) is 12.5 Å². The Morgan fingerprint density at radius 3 is 2.08 bits per heavy atom. The van der Waals surface area contributed by atoms with Crippen LogP contribution in [0.25, 0.3) is 0 Å². The fraction of sp³-hybridized carbons (Fsp3) is 0.333. The van der Waals surface area contributed by atoms with E-state index in [-0.39, 0.29) is 0 Å². The number of hydrogen-bond donors (Lipinski definition) is 1. The minimum atomic E-state index is -3.19. The number of rotatable bonds is 2. The molecule has 13 heavy (non-hydrogen) atoms. The summed E-state index contributed by atoms with van der Waals surface area (Å²) < 4.78 is 22.2. The zero-order valence-electron chi connectivity index (χ0n) is 7.69. The Labute approximate surface area is 78.5 Å². The predicted octanol–water partition coefficient (Wildman–Crippen LogP) is 0.997. The first-order chi connectivity index (χ1) is 5.91. The molecule has 0 aliphatic heterocycles. The zero-order chi connectivity index (χ0) is 10.1. The van der Waals surface area contributed by atoms with E-state index in [9.17, 15) is 8.42 Å². The summed E-state index contributed by atoms with van der Waals surface area (Å²) >= 11 is 0. The molecular weight excluding hydrogens is 186 g/mol. The van der Waals surface area contributed by atoms with Crippen LogP contribution >= 0.6 is 0 Å². The first-order valence-electron chi connectivity index (χ1n) is 3.92. The lowest BCUT2D eigenvalue weighted by atomic mass is 10.1. The van der Waals surface area contributed by atoms with Gasteiger partial charge in [0.1, 0.15) is 5.37 Å². The van der Waals surface area contributed by atoms with Crippen LogP contribution < -0.4 is 5.73 Å². The van der Waals surface area contributed by atoms with Crippen molar-refractivity contribution in [1.82, 2.24) is 0 Å². The zero-order valence-corrected chi connectivity index (χ0v) is 8.51. The van der Waals surface area contributed by atoms with Gasteiger partial charge in [0.15, 0.2) is 9.84 Å². The van der Waals surface area contributed by atoms with Crippen molar-refractivity contribution in [3.63, 3.8) is 0 Å². The molecule has 1 unspecified atom stereocenters. The molecule has 0 heterocycles. The standard InChI is InChI=1S/C9H13NO2S/c1-7-3-5-8(6-4-7)9(10)13(2,11)12/h3-6,9H,10H2,1-2H3. The highest BCUT2D eigenvalue weighted by Gasteiger charge is 2.16. The predicted molar refractivity (Wildman–Crippen MR) is 53.0 cm³/mol. The quantitative estimate of drug-likeness (QED) is 0.773. The van der Waals surface area contributed by atoms with Crippen molar-refractivity contribution in [2.24, 2.45) is 5.73 Å². The maximum Gasteiger partial charge on any atom is 0.167 e. The molecule has 4 heteroatoms. The van der Waals surface area contributed by atoms with Gasteiger partial charge in [-0.25, -0.2) is 8.42 Å². The Kier molecular flexibility index (Phi) is 2.73. The van der Waals surface area contributed by atoms with Gasteiger partial charge in [-0.3, -0.25) is 0 Å². The summed E-state index contributed by atoms with van der Waals surface area (Å²) in [6.07, 6.45) is 1.14. The average molecular weight is 199 g/mol. The van der Waals surface area contributed by atoms with Gasteiger partial charge in [0, 0.05) is 6.26 Å². The fourth-order valence-corrected chi connectivity index (χ4v) is 1.65. The summed E-state index contributed by atoms with van der Waals surface area (Å²) in [5.41, 5.74) is 7.25. The molecule has 72 valence electrons. The molecule has 0 spiro atoms. The van der Waals surface area contributed by atoms with Crippen LogP contribution in [0.3, 0.4) is 0 Å². The number of benzene rings is 1. The Hall–Kier alpha value is -0.870. The Balaban J connectivity index is 3.04. The van der Waals surface area contributed by atoms with Crippen molar-refractivity contribution < 1.29 is 8.42 Å². The summed E-state index contributed by atoms with van der Waals surface area (Å²) in [6.45, 7) is 1.94. The highest BCUT2D eigenvalue weighted by Crippen LogP contribution is 2.15. The van der Waals surface area contributed by atoms with Crippen LogP contribution in [0.2, 0.25) is 0 Å². The van der Waals surface area contributed by atoms with E-state index < -0.39 is 15.2 Å². The third kappa shape index (κ3) is 2.54. The van der Waals surface area contributed by atoms with Crippen LogP contribution in [0.4, 0.5) is 0 Å². The van der Waals surface area contributed by atoms with Gasteiger partial charge >= 0.3 is 0 Å². The molecule has 1 rings (SSSR count). The van der Waals surface area contributed by atoms with Gasteiger partial charge in [0.2, 0.25) is 0 Å². The molecule has 0 aliphatic rings. The minimum Gasteiger partial charge on any atom is -0.311 e. The maximum absolute atomic E-state index is 11.1. The molecule has 0 radical (unpaired) electrons. The van der Waals surface area contributed by atoms with Crippen LogP contribution in [-0.2, 0) is 9.84 Å². The molecule has 0 fully saturated rings. The smallest absolute Gasteiger partial charge is 0.167 e. The van der Waals surface area contributed by atoms with E-state index in [0.29, 0.717) is 5.56 Å². The second kappa shape index (κ2) is 3.47. The van der Waals surface area contributed by atoms with E-state index in [4.69, 9.17) is 5.73 Å². The molecule has 0 aromatic heterocycles. The van der Waals surface area contributed by atoms with Gasteiger partial charge in [-0.15, -0.1) is 0 Å². The van der Waals surface area contributed by atoms with Gasteiger partial charge in [0.25, 0.3) is 0 Å². The molecule has 3 nitrogen and oxygen atoms in total. The number of nitrogens with two attached hydrogens (primary N) is 1. The van der Waals surface area contributed by atoms with Crippen molar-refractivity contribution in [2.45, 2.75) is 12.3 Å². The maximum atomic E-state index is 11.1. The van der Waals surface area contributed by atoms with Crippen LogP contribution in [0.1, 0.15) is 16.5 Å². The lowest BCUT2D eigenvalue weighted by Crippen LogP contribution is -2.20. The third-order valence-electron chi connectivity index (χ3n) is 1.87. The molecule has 1 aromatic carbocycles. The van der Waals surface area contributed by atoms with Gasteiger partial charge in [-0.1, -0.05) is 29.8 Å². The lowest BCUT2D eigenvalue weighted by Gasteiger charge is -2.09. The summed E-state index contributed by atoms with van der Waals surface area (Å²) in [6, 6.07) is 7.17. The second-order valence-electron chi connectivity index (χ2n) is 3.16. The summed E-state index contributed by atoms with van der Waals surface area (Å²) in [7, 11) is -3.19. The number of aryl methyl sites for hydroxylation is 1. The molecule has 1 aromatic rings. The topological polar surface area (TPSA) is 60.2 Å². The van der Waals surface area contributed by atoms with Gasteiger partial charge < -0.3 is 5.73 Å². The van der Waals surface area contributed by atoms with Crippen molar-refractivity contribution in [3.8, 4) is 0 Å². The van der Waals surface area contributed by atoms with E-state index in [0.717, 1.165) is 11.8 Å². The van der Waals surface area contributed by atoms with Crippen molar-refractivity contribution in [1.29, 1.82) is 0 Å². The number of sulfone groups is 1. The molecule has 2 N–H and O–H groups in total. The Morgan fingerprint density at radius 2 is 1.69 bits per heavy atom. The van der Waals surface area contributed by atoms with E-state index >= 15 is 0 Å². The van der Waals surface area contributed by atoms with Crippen molar-refractivity contribution in [3.05, 3.63) is 35.4 Å². The molecule has 0 saturated heterocycles. The van der Waals surface area contributed by atoms with E-state index in [2.05, 4.69) is 0 Å². The summed E-state index contributed by atoms with van der Waals surface area (Å²) in [5, 5.41) is -0.909. The molecule has 0 saturated carbocycles. The second-order valence-corrected chi connectivity index (χ2v) is 5.33. The van der Waals surface area contributed by atoms with E-state index in [1.807, 2.05) is 19.1 Å². The Bertz CT molecular complexity index is 381. The van der Waals surface area contributed by atoms with E-state index in [1.165, 1.54) is 0 Å². The van der Waals surface area contributed by atoms with Crippen molar-refractivity contribution >= 4 is 9.84 Å². The molecule has 0 amide bonds. The normalized spacial score (nSPS) is 14.1. The van der Waals surface area contributed by atoms with Gasteiger partial charge in [-0.2, -0.15) is 0 Å². The first kappa shape index (κ1) is 10.2.